The number of benzene rings is 3. The van der Waals surface area contributed by atoms with Crippen molar-refractivity contribution >= 4 is 50.0 Å². The van der Waals surface area contributed by atoms with Gasteiger partial charge in [-0.15, -0.1) is 0 Å². The van der Waals surface area contributed by atoms with E-state index < -0.39 is 22.0 Å². The van der Waals surface area contributed by atoms with Crippen LogP contribution >= 0.6 is 11.6 Å². The van der Waals surface area contributed by atoms with Gasteiger partial charge in [0.15, 0.2) is 6.10 Å². The quantitative estimate of drug-likeness (QED) is 0.205. The number of aromatic nitrogens is 1. The smallest absolute Gasteiger partial charge is 0.265 e. The van der Waals surface area contributed by atoms with Crippen molar-refractivity contribution < 1.29 is 27.5 Å². The Labute approximate surface area is 262 Å². The predicted molar refractivity (Wildman–Crippen MR) is 172 cm³/mol. The number of nitrogens with zero attached hydrogens (tertiary/aromatic N) is 1. The molecule has 0 aliphatic carbocycles. The largest absolute Gasteiger partial charge is 0.494 e. The molecule has 5 rings (SSSR count). The molecule has 232 valence electrons. The second-order valence-electron chi connectivity index (χ2n) is 11.2. The number of carbonyl (C=O) groups is 2. The van der Waals surface area contributed by atoms with Crippen LogP contribution in [0.2, 0.25) is 5.02 Å². The highest BCUT2D eigenvalue weighted by Crippen LogP contribution is 2.35. The number of nitrogens with one attached hydrogen (secondary N) is 2. The van der Waals surface area contributed by atoms with Gasteiger partial charge in [-0.1, -0.05) is 18.5 Å². The second kappa shape index (κ2) is 12.2. The number of ether oxygens (including phenoxy) is 2. The number of anilines is 1. The molecule has 0 bridgehead atoms. The lowest BCUT2D eigenvalue weighted by molar-refractivity contribution is -0.122. The first-order valence-corrected chi connectivity index (χ1v) is 16.4. The van der Waals surface area contributed by atoms with Gasteiger partial charge in [0.05, 0.1) is 17.2 Å². The van der Waals surface area contributed by atoms with Gasteiger partial charge in [-0.25, -0.2) is 13.1 Å². The van der Waals surface area contributed by atoms with E-state index in [9.17, 15) is 18.0 Å². The molecular formula is C33H36ClN3O6S. The molecule has 0 saturated heterocycles. The maximum Gasteiger partial charge on any atom is 0.265 e. The van der Waals surface area contributed by atoms with Gasteiger partial charge in [0, 0.05) is 39.8 Å². The fraction of sp³-hybridized carbons (Fsp3) is 0.333. The molecule has 2 heterocycles. The Morgan fingerprint density at radius 2 is 1.77 bits per heavy atom. The van der Waals surface area contributed by atoms with Crippen LogP contribution in [0, 0.1) is 27.7 Å². The van der Waals surface area contributed by atoms with Crippen molar-refractivity contribution in [3.63, 3.8) is 0 Å². The summed E-state index contributed by atoms with van der Waals surface area (Å²) in [7, 11) is -4.24. The number of hydrogen-bond donors (Lipinski definition) is 2. The summed E-state index contributed by atoms with van der Waals surface area (Å²) in [6.07, 6.45) is 0.749. The predicted octanol–water partition coefficient (Wildman–Crippen LogP) is 6.40. The Kier molecular flexibility index (Phi) is 8.68. The summed E-state index contributed by atoms with van der Waals surface area (Å²) in [4.78, 5) is 25.1. The molecule has 1 aliphatic rings. The average Bonchev–Trinajstić information content (AvgIpc) is 3.23. The molecule has 44 heavy (non-hydrogen) atoms. The number of sulfonamides is 1. The zero-order chi connectivity index (χ0) is 31.9. The molecule has 9 nitrogen and oxygen atoms in total. The lowest BCUT2D eigenvalue weighted by Crippen LogP contribution is -2.35. The van der Waals surface area contributed by atoms with Gasteiger partial charge in [0.1, 0.15) is 11.5 Å². The van der Waals surface area contributed by atoms with Crippen LogP contribution in [0.3, 0.4) is 0 Å². The second-order valence-corrected chi connectivity index (χ2v) is 13.2. The van der Waals surface area contributed by atoms with Gasteiger partial charge in [-0.2, -0.15) is 0 Å². The van der Waals surface area contributed by atoms with Crippen LogP contribution in [0.4, 0.5) is 5.69 Å². The maximum absolute atomic E-state index is 13.3. The lowest BCUT2D eigenvalue weighted by atomic mass is 10.1. The molecule has 2 N–H and O–H groups in total. The van der Waals surface area contributed by atoms with E-state index in [4.69, 9.17) is 21.1 Å². The molecule has 0 radical (unpaired) electrons. The lowest BCUT2D eigenvalue weighted by Gasteiger charge is -2.24. The van der Waals surface area contributed by atoms with Crippen molar-refractivity contribution in [2.45, 2.75) is 71.9 Å². The Hall–Kier alpha value is -4.02. The number of halogens is 1. The SMILES string of the molecule is CCc1c(C)n(CCCOc2cc(C)c(Cl)c(C)c2)c2ccc(C(=O)NS(=O)(=O)c3cc4c(cc3C)NC(=O)[C@H](C)O4)cc12. The molecule has 3 aromatic carbocycles. The zero-order valence-electron chi connectivity index (χ0n) is 25.6. The number of amides is 2. The average molecular weight is 638 g/mol. The maximum atomic E-state index is 13.3. The molecule has 1 aliphatic heterocycles. The topological polar surface area (TPSA) is 116 Å². The standard InChI is InChI=1S/C33H36ClN3O6S/c1-7-25-21(5)37(11-8-12-42-24-13-19(3)31(34)20(4)14-24)28-10-9-23(16-26(25)28)33(39)36-44(40,41)30-17-29-27(15-18(30)2)35-32(38)22(6)43-29/h9-10,13-17,22H,7-8,11-12H2,1-6H3,(H,35,38)(H,36,39)/t22-/m0/s1. The van der Waals surface area contributed by atoms with E-state index in [0.717, 1.165) is 56.9 Å². The highest BCUT2D eigenvalue weighted by molar-refractivity contribution is 7.90. The van der Waals surface area contributed by atoms with Crippen LogP contribution in [0.5, 0.6) is 11.5 Å². The molecule has 0 fully saturated rings. The first kappa shape index (κ1) is 31.4. The molecule has 11 heteroatoms. The molecule has 0 unspecified atom stereocenters. The van der Waals surface area contributed by atoms with Crippen molar-refractivity contribution in [3.8, 4) is 11.5 Å². The van der Waals surface area contributed by atoms with Gasteiger partial charge < -0.3 is 19.4 Å². The fourth-order valence-electron chi connectivity index (χ4n) is 5.70. The van der Waals surface area contributed by atoms with Gasteiger partial charge in [-0.05, 0) is 106 Å². The van der Waals surface area contributed by atoms with Gasteiger partial charge in [0.25, 0.3) is 21.8 Å². The molecule has 1 atom stereocenters. The zero-order valence-corrected chi connectivity index (χ0v) is 27.2. The van der Waals surface area contributed by atoms with E-state index in [1.807, 2.05) is 32.0 Å². The summed E-state index contributed by atoms with van der Waals surface area (Å²) < 4.78 is 42.6. The summed E-state index contributed by atoms with van der Waals surface area (Å²) in [6.45, 7) is 12.4. The third-order valence-electron chi connectivity index (χ3n) is 8.00. The van der Waals surface area contributed by atoms with Crippen LogP contribution in [0.1, 0.15) is 58.6 Å². The Balaban J connectivity index is 1.33. The summed E-state index contributed by atoms with van der Waals surface area (Å²) in [5.74, 6) is -0.0351. The normalized spacial score (nSPS) is 14.6. The van der Waals surface area contributed by atoms with Crippen LogP contribution < -0.4 is 19.5 Å². The minimum absolute atomic E-state index is 0.101. The van der Waals surface area contributed by atoms with Crippen molar-refractivity contribution in [2.24, 2.45) is 0 Å². The summed E-state index contributed by atoms with van der Waals surface area (Å²) in [5.41, 5.74) is 6.10. The number of rotatable bonds is 9. The van der Waals surface area contributed by atoms with Crippen molar-refractivity contribution in [3.05, 3.63) is 81.0 Å². The van der Waals surface area contributed by atoms with Crippen molar-refractivity contribution in [2.75, 3.05) is 11.9 Å². The molecule has 2 amide bonds. The minimum Gasteiger partial charge on any atom is -0.494 e. The highest BCUT2D eigenvalue weighted by atomic mass is 35.5. The fourth-order valence-corrected chi connectivity index (χ4v) is 7.02. The van der Waals surface area contributed by atoms with Crippen LogP contribution in [-0.2, 0) is 27.8 Å². The van der Waals surface area contributed by atoms with Gasteiger partial charge >= 0.3 is 0 Å². The van der Waals surface area contributed by atoms with Crippen LogP contribution in [-0.4, -0.2) is 37.5 Å². The Morgan fingerprint density at radius 1 is 1.07 bits per heavy atom. The number of hydrogen-bond acceptors (Lipinski definition) is 6. The summed E-state index contributed by atoms with van der Waals surface area (Å²) in [5, 5.41) is 4.35. The van der Waals surface area contributed by atoms with Gasteiger partial charge in [-0.3, -0.25) is 9.59 Å². The van der Waals surface area contributed by atoms with E-state index >= 15 is 0 Å². The molecule has 0 spiro atoms. The number of aryl methyl sites for hydroxylation is 5. The van der Waals surface area contributed by atoms with Crippen molar-refractivity contribution in [1.29, 1.82) is 0 Å². The van der Waals surface area contributed by atoms with Crippen molar-refractivity contribution in [1.82, 2.24) is 9.29 Å². The van der Waals surface area contributed by atoms with Gasteiger partial charge in [0.2, 0.25) is 0 Å². The molecular weight excluding hydrogens is 602 g/mol. The Bertz CT molecular complexity index is 1890. The van der Waals surface area contributed by atoms with E-state index in [0.29, 0.717) is 24.4 Å². The number of carbonyl (C=O) groups excluding carboxylic acids is 2. The highest BCUT2D eigenvalue weighted by Gasteiger charge is 2.28. The monoisotopic (exact) mass is 637 g/mol. The first-order chi connectivity index (χ1) is 20.8. The first-order valence-electron chi connectivity index (χ1n) is 14.5. The molecule has 0 saturated carbocycles. The molecule has 1 aromatic heterocycles. The minimum atomic E-state index is -4.24. The van der Waals surface area contributed by atoms with Crippen LogP contribution in [0.25, 0.3) is 10.9 Å². The number of fused-ring (bicyclic) bond motifs is 2. The molecule has 4 aromatic rings. The van der Waals surface area contributed by atoms with E-state index in [-0.39, 0.29) is 22.1 Å². The van der Waals surface area contributed by atoms with E-state index in [1.165, 1.54) is 12.1 Å². The third-order valence-corrected chi connectivity index (χ3v) is 10.1. The Morgan fingerprint density at radius 3 is 2.45 bits per heavy atom. The summed E-state index contributed by atoms with van der Waals surface area (Å²) >= 11 is 6.28. The van der Waals surface area contributed by atoms with E-state index in [2.05, 4.69) is 28.5 Å². The van der Waals surface area contributed by atoms with Crippen LogP contribution in [0.15, 0.2) is 47.4 Å². The summed E-state index contributed by atoms with van der Waals surface area (Å²) in [6, 6.07) is 12.0. The van der Waals surface area contributed by atoms with E-state index in [1.54, 1.807) is 26.0 Å². The third kappa shape index (κ3) is 6.01.